The molecular weight excluding hydrogens is 552 g/mol. The smallest absolute Gasteiger partial charge is 0.303 e. The minimum atomic E-state index is -2.01. The molecule has 0 saturated heterocycles. The van der Waals surface area contributed by atoms with E-state index in [4.69, 9.17) is 23.4 Å². The first-order valence-corrected chi connectivity index (χ1v) is 18.1. The molecule has 0 heterocycles. The zero-order valence-electron chi connectivity index (χ0n) is 27.2. The van der Waals surface area contributed by atoms with Crippen molar-refractivity contribution in [1.29, 1.82) is 0 Å². The van der Waals surface area contributed by atoms with Crippen LogP contribution in [0.5, 0.6) is 0 Å². The van der Waals surface area contributed by atoms with Crippen LogP contribution in [0.25, 0.3) is 0 Å². The monoisotopic (exact) mass is 604 g/mol. The zero-order chi connectivity index (χ0) is 31.5. The normalized spacial score (nSPS) is 29.3. The van der Waals surface area contributed by atoms with Gasteiger partial charge in [-0.05, 0) is 78.3 Å². The van der Waals surface area contributed by atoms with Crippen LogP contribution in [0.3, 0.4) is 0 Å². The maximum atomic E-state index is 12.2. The fourth-order valence-corrected chi connectivity index (χ4v) is 8.38. The fraction of sp³-hybridized carbons (Fsp3) is 0.727. The summed E-state index contributed by atoms with van der Waals surface area (Å²) >= 11 is 0. The molecule has 3 rings (SSSR count). The molecule has 0 N–H and O–H groups in total. The van der Waals surface area contributed by atoms with E-state index in [2.05, 4.69) is 53.4 Å². The molecule has 0 unspecified atom stereocenters. The average Bonchev–Trinajstić information content (AvgIpc) is 3.13. The van der Waals surface area contributed by atoms with E-state index >= 15 is 0 Å². The van der Waals surface area contributed by atoms with Gasteiger partial charge < -0.3 is 23.4 Å². The quantitative estimate of drug-likeness (QED) is 0.114. The molecule has 0 radical (unpaired) electrons. The number of ether oxygens (including phenoxy) is 4. The largest absolute Gasteiger partial charge is 0.453 e. The Hall–Kier alpha value is -2.07. The molecular formula is C33H52O8Si. The van der Waals surface area contributed by atoms with Crippen LogP contribution in [0.4, 0.5) is 0 Å². The number of rotatable bonds is 12. The molecule has 9 heteroatoms. The number of esters is 2. The van der Waals surface area contributed by atoms with Crippen molar-refractivity contribution in [2.24, 2.45) is 16.7 Å². The molecule has 6 atom stereocenters. The molecule has 0 aromatic carbocycles. The van der Waals surface area contributed by atoms with Crippen molar-refractivity contribution in [1.82, 2.24) is 0 Å². The second-order valence-corrected chi connectivity index (χ2v) is 18.8. The lowest BCUT2D eigenvalue weighted by molar-refractivity contribution is -0.163. The lowest BCUT2D eigenvalue weighted by Gasteiger charge is -2.53. The Morgan fingerprint density at radius 1 is 1.14 bits per heavy atom. The predicted molar refractivity (Wildman–Crippen MR) is 164 cm³/mol. The number of carbonyl (C=O) groups excluding carboxylic acids is 3. The number of carbonyl (C=O) groups is 3. The van der Waals surface area contributed by atoms with Crippen molar-refractivity contribution in [3.8, 4) is 0 Å². The van der Waals surface area contributed by atoms with Gasteiger partial charge in [0.05, 0.1) is 25.9 Å². The SMILES string of the molecule is C=C1CC[C@@]2(COCCOC)C(=CC[C@]3(C)[C@@H](O[Si](C)(C)C(C)(C)C)CC[C@@H]23)C=C1[C@@H](OC(C)=O)[C@@H](C=O)OC(C)=O. The maximum Gasteiger partial charge on any atom is 0.303 e. The third-order valence-electron chi connectivity index (χ3n) is 10.2. The Labute approximate surface area is 253 Å². The van der Waals surface area contributed by atoms with Crippen LogP contribution in [0.1, 0.15) is 73.6 Å². The van der Waals surface area contributed by atoms with Gasteiger partial charge in [0.1, 0.15) is 0 Å². The van der Waals surface area contributed by atoms with Crippen LogP contribution in [-0.2, 0) is 37.8 Å². The minimum absolute atomic E-state index is 0.0817. The first-order chi connectivity index (χ1) is 19.5. The Morgan fingerprint density at radius 3 is 2.38 bits per heavy atom. The van der Waals surface area contributed by atoms with Crippen molar-refractivity contribution in [2.75, 3.05) is 26.9 Å². The molecule has 3 aliphatic rings. The number of hydrogen-bond acceptors (Lipinski definition) is 8. The minimum Gasteiger partial charge on any atom is -0.453 e. The number of allylic oxidation sites excluding steroid dienone is 2. The molecule has 0 bridgehead atoms. The number of aldehydes is 1. The second-order valence-electron chi connectivity index (χ2n) is 14.0. The van der Waals surface area contributed by atoms with Crippen molar-refractivity contribution in [3.05, 3.63) is 35.5 Å². The summed E-state index contributed by atoms with van der Waals surface area (Å²) in [6.07, 6.45) is 6.82. The van der Waals surface area contributed by atoms with E-state index in [-0.39, 0.29) is 27.9 Å². The molecule has 0 amide bonds. The third-order valence-corrected chi connectivity index (χ3v) is 14.7. The van der Waals surface area contributed by atoms with Crippen LogP contribution >= 0.6 is 0 Å². The standard InChI is InChI=1S/C33H52O8Si/c1-22-13-16-33(21-38-18-17-37-8)25(19-26(22)30(40-24(3)36)27(20-34)39-23(2)35)14-15-32(7)28(33)11-12-29(32)41-42(9,10)31(4,5)6/h14,19-20,27-30H,1,11-13,15-18,21H2,2-10H3/t27-,28-,29+,30-,32+,33-/m1/s1. The summed E-state index contributed by atoms with van der Waals surface area (Å²) in [5.74, 6) is -0.915. The van der Waals surface area contributed by atoms with E-state index in [1.807, 2.05) is 6.08 Å². The highest BCUT2D eigenvalue weighted by Crippen LogP contribution is 2.64. The maximum absolute atomic E-state index is 12.2. The van der Waals surface area contributed by atoms with Gasteiger partial charge in [0.2, 0.25) is 0 Å². The predicted octanol–water partition coefficient (Wildman–Crippen LogP) is 6.11. The molecule has 8 nitrogen and oxygen atoms in total. The van der Waals surface area contributed by atoms with E-state index in [1.54, 1.807) is 7.11 Å². The molecule has 1 saturated carbocycles. The van der Waals surface area contributed by atoms with Gasteiger partial charge in [0.15, 0.2) is 26.8 Å². The van der Waals surface area contributed by atoms with Gasteiger partial charge in [0.25, 0.3) is 0 Å². The van der Waals surface area contributed by atoms with Crippen molar-refractivity contribution in [2.45, 2.75) is 110 Å². The number of methoxy groups -OCH3 is 1. The molecule has 0 spiro atoms. The summed E-state index contributed by atoms with van der Waals surface area (Å²) in [4.78, 5) is 36.1. The van der Waals surface area contributed by atoms with E-state index in [0.29, 0.717) is 38.1 Å². The third kappa shape index (κ3) is 7.00. The molecule has 0 aromatic heterocycles. The van der Waals surface area contributed by atoms with E-state index in [9.17, 15) is 14.4 Å². The van der Waals surface area contributed by atoms with Crippen molar-refractivity contribution >= 4 is 26.5 Å². The Balaban J connectivity index is 2.11. The average molecular weight is 605 g/mol. The number of hydrogen-bond donors (Lipinski definition) is 0. The first kappa shape index (κ1) is 34.4. The zero-order valence-corrected chi connectivity index (χ0v) is 28.2. The van der Waals surface area contributed by atoms with Crippen LogP contribution in [0.15, 0.2) is 35.5 Å². The van der Waals surface area contributed by atoms with Crippen LogP contribution in [-0.4, -0.2) is 71.8 Å². The molecule has 3 aliphatic carbocycles. The molecule has 0 aromatic rings. The van der Waals surface area contributed by atoms with Crippen molar-refractivity contribution < 1.29 is 37.8 Å². The lowest BCUT2D eigenvalue weighted by atomic mass is 9.55. The molecule has 0 aliphatic heterocycles. The first-order valence-electron chi connectivity index (χ1n) is 15.2. The fourth-order valence-electron chi connectivity index (χ4n) is 6.93. The molecule has 1 fully saturated rings. The highest BCUT2D eigenvalue weighted by molar-refractivity contribution is 6.74. The number of fused-ring (bicyclic) bond motifs is 3. The van der Waals surface area contributed by atoms with E-state index in [1.165, 1.54) is 13.8 Å². The van der Waals surface area contributed by atoms with Gasteiger partial charge in [-0.25, -0.2) is 0 Å². The Morgan fingerprint density at radius 2 is 1.81 bits per heavy atom. The van der Waals surface area contributed by atoms with Gasteiger partial charge in [-0.15, -0.1) is 0 Å². The van der Waals surface area contributed by atoms with Crippen molar-refractivity contribution in [3.63, 3.8) is 0 Å². The second kappa shape index (κ2) is 13.3. The van der Waals surface area contributed by atoms with Crippen LogP contribution < -0.4 is 0 Å². The van der Waals surface area contributed by atoms with E-state index in [0.717, 1.165) is 36.8 Å². The summed E-state index contributed by atoms with van der Waals surface area (Å²) in [5, 5.41) is 0.110. The summed E-state index contributed by atoms with van der Waals surface area (Å²) in [6.45, 7) is 22.2. The molecule has 42 heavy (non-hydrogen) atoms. The summed E-state index contributed by atoms with van der Waals surface area (Å²) in [6, 6.07) is 0. The summed E-state index contributed by atoms with van der Waals surface area (Å²) < 4.78 is 29.6. The Bertz CT molecular complexity index is 1100. The van der Waals surface area contributed by atoms with Gasteiger partial charge in [-0.2, -0.15) is 0 Å². The van der Waals surface area contributed by atoms with Gasteiger partial charge in [-0.1, -0.05) is 46.4 Å². The van der Waals surface area contributed by atoms with Gasteiger partial charge in [-0.3, -0.25) is 14.4 Å². The topological polar surface area (TPSA) is 97.4 Å². The van der Waals surface area contributed by atoms with E-state index < -0.39 is 32.5 Å². The summed E-state index contributed by atoms with van der Waals surface area (Å²) in [7, 11) is -0.344. The highest BCUT2D eigenvalue weighted by Gasteiger charge is 2.60. The lowest BCUT2D eigenvalue weighted by Crippen LogP contribution is -2.52. The highest BCUT2D eigenvalue weighted by atomic mass is 28.4. The van der Waals surface area contributed by atoms with Gasteiger partial charge in [0, 0.05) is 26.4 Å². The van der Waals surface area contributed by atoms with Crippen LogP contribution in [0, 0.1) is 16.7 Å². The Kier molecular flexibility index (Phi) is 10.9. The summed E-state index contributed by atoms with van der Waals surface area (Å²) in [5.41, 5.74) is 2.02. The van der Waals surface area contributed by atoms with Crippen LogP contribution in [0.2, 0.25) is 18.1 Å². The molecule has 236 valence electrons. The van der Waals surface area contributed by atoms with Gasteiger partial charge >= 0.3 is 11.9 Å².